The number of piperidine rings is 1. The quantitative estimate of drug-likeness (QED) is 0.787. The Hall–Kier alpha value is -1.02. The van der Waals surface area contributed by atoms with Gasteiger partial charge in [-0.3, -0.25) is 4.90 Å². The van der Waals surface area contributed by atoms with Crippen molar-refractivity contribution in [2.45, 2.75) is 39.2 Å². The summed E-state index contributed by atoms with van der Waals surface area (Å²) in [6, 6.07) is 9.10. The number of nitrogens with zero attached hydrogens (tertiary/aromatic N) is 1. The molecule has 1 aromatic carbocycles. The molecule has 1 fully saturated rings. The van der Waals surface area contributed by atoms with Gasteiger partial charge in [-0.1, -0.05) is 18.6 Å². The number of ether oxygens (including phenoxy) is 1. The smallest absolute Gasteiger partial charge is 0.119 e. The molecule has 1 aliphatic heterocycles. The van der Waals surface area contributed by atoms with E-state index in [9.17, 15) is 0 Å². The SMILES string of the molecule is CCOc1ccc(C(C)N2CCCCC2)cc1. The summed E-state index contributed by atoms with van der Waals surface area (Å²) in [6.07, 6.45) is 4.09. The Labute approximate surface area is 105 Å². The highest BCUT2D eigenvalue weighted by molar-refractivity contribution is 5.29. The molecular formula is C15H23NO. The van der Waals surface area contributed by atoms with Gasteiger partial charge in [-0.15, -0.1) is 0 Å². The number of benzene rings is 1. The van der Waals surface area contributed by atoms with Crippen LogP contribution in [0.3, 0.4) is 0 Å². The molecule has 0 aromatic heterocycles. The van der Waals surface area contributed by atoms with E-state index in [-0.39, 0.29) is 0 Å². The van der Waals surface area contributed by atoms with E-state index in [1.165, 1.54) is 37.9 Å². The van der Waals surface area contributed by atoms with Gasteiger partial charge >= 0.3 is 0 Å². The predicted molar refractivity (Wildman–Crippen MR) is 71.5 cm³/mol. The molecule has 0 spiro atoms. The zero-order chi connectivity index (χ0) is 12.1. The summed E-state index contributed by atoms with van der Waals surface area (Å²) < 4.78 is 5.47. The molecule has 0 N–H and O–H groups in total. The molecule has 1 saturated heterocycles. The molecule has 2 heteroatoms. The van der Waals surface area contributed by atoms with E-state index in [0.717, 1.165) is 12.4 Å². The lowest BCUT2D eigenvalue weighted by molar-refractivity contribution is 0.175. The fourth-order valence-electron chi connectivity index (χ4n) is 2.53. The second-order valence-electron chi connectivity index (χ2n) is 4.77. The Morgan fingerprint density at radius 1 is 1.12 bits per heavy atom. The van der Waals surface area contributed by atoms with Gasteiger partial charge in [0.05, 0.1) is 6.61 Å². The van der Waals surface area contributed by atoms with Gasteiger partial charge in [-0.25, -0.2) is 0 Å². The molecule has 0 saturated carbocycles. The van der Waals surface area contributed by atoms with Crippen LogP contribution in [-0.4, -0.2) is 24.6 Å². The van der Waals surface area contributed by atoms with Gasteiger partial charge in [0, 0.05) is 6.04 Å². The summed E-state index contributed by atoms with van der Waals surface area (Å²) in [4.78, 5) is 2.58. The van der Waals surface area contributed by atoms with Crippen LogP contribution in [0.15, 0.2) is 24.3 Å². The summed E-state index contributed by atoms with van der Waals surface area (Å²) in [6.45, 7) is 7.55. The van der Waals surface area contributed by atoms with Crippen molar-refractivity contribution in [1.29, 1.82) is 0 Å². The minimum absolute atomic E-state index is 0.533. The lowest BCUT2D eigenvalue weighted by Crippen LogP contribution is -2.32. The molecule has 0 aliphatic carbocycles. The number of hydrogen-bond acceptors (Lipinski definition) is 2. The Morgan fingerprint density at radius 3 is 2.35 bits per heavy atom. The van der Waals surface area contributed by atoms with E-state index in [4.69, 9.17) is 4.74 Å². The van der Waals surface area contributed by atoms with Gasteiger partial charge in [-0.2, -0.15) is 0 Å². The predicted octanol–water partition coefficient (Wildman–Crippen LogP) is 3.63. The van der Waals surface area contributed by atoms with Crippen LogP contribution in [0.4, 0.5) is 0 Å². The van der Waals surface area contributed by atoms with Crippen LogP contribution in [0.1, 0.15) is 44.7 Å². The van der Waals surface area contributed by atoms with E-state index < -0.39 is 0 Å². The highest BCUT2D eigenvalue weighted by Gasteiger charge is 2.17. The maximum atomic E-state index is 5.47. The summed E-state index contributed by atoms with van der Waals surface area (Å²) in [7, 11) is 0. The Balaban J connectivity index is 2.00. The molecule has 1 heterocycles. The van der Waals surface area contributed by atoms with E-state index in [1.54, 1.807) is 0 Å². The van der Waals surface area contributed by atoms with Crippen molar-refractivity contribution >= 4 is 0 Å². The first kappa shape index (κ1) is 12.4. The van der Waals surface area contributed by atoms with Crippen LogP contribution in [-0.2, 0) is 0 Å². The fourth-order valence-corrected chi connectivity index (χ4v) is 2.53. The molecule has 0 radical (unpaired) electrons. The van der Waals surface area contributed by atoms with Crippen molar-refractivity contribution in [3.05, 3.63) is 29.8 Å². The van der Waals surface area contributed by atoms with Crippen LogP contribution in [0.25, 0.3) is 0 Å². The van der Waals surface area contributed by atoms with Gasteiger partial charge < -0.3 is 4.74 Å². The molecule has 94 valence electrons. The third-order valence-corrected chi connectivity index (χ3v) is 3.61. The average Bonchev–Trinajstić information content (AvgIpc) is 2.40. The zero-order valence-corrected chi connectivity index (χ0v) is 11.0. The topological polar surface area (TPSA) is 12.5 Å². The molecular weight excluding hydrogens is 210 g/mol. The molecule has 1 atom stereocenters. The number of rotatable bonds is 4. The van der Waals surface area contributed by atoms with Crippen LogP contribution < -0.4 is 4.74 Å². The first-order valence-electron chi connectivity index (χ1n) is 6.78. The van der Waals surface area contributed by atoms with Gasteiger partial charge in [-0.05, 0) is 57.5 Å². The van der Waals surface area contributed by atoms with Crippen molar-refractivity contribution in [3.8, 4) is 5.75 Å². The second kappa shape index (κ2) is 6.06. The lowest BCUT2D eigenvalue weighted by atomic mass is 10.0. The maximum absolute atomic E-state index is 5.47. The first-order chi connectivity index (χ1) is 8.31. The molecule has 0 bridgehead atoms. The van der Waals surface area contributed by atoms with Gasteiger partial charge in [0.15, 0.2) is 0 Å². The largest absolute Gasteiger partial charge is 0.494 e. The summed E-state index contributed by atoms with van der Waals surface area (Å²) in [5, 5.41) is 0. The van der Waals surface area contributed by atoms with Crippen molar-refractivity contribution in [2.24, 2.45) is 0 Å². The molecule has 1 unspecified atom stereocenters. The average molecular weight is 233 g/mol. The van der Waals surface area contributed by atoms with Crippen LogP contribution in [0, 0.1) is 0 Å². The molecule has 0 amide bonds. The zero-order valence-electron chi connectivity index (χ0n) is 11.0. The fraction of sp³-hybridized carbons (Fsp3) is 0.600. The van der Waals surface area contributed by atoms with E-state index in [2.05, 4.69) is 36.1 Å². The van der Waals surface area contributed by atoms with Crippen molar-refractivity contribution < 1.29 is 4.74 Å². The molecule has 2 nitrogen and oxygen atoms in total. The minimum atomic E-state index is 0.533. The van der Waals surface area contributed by atoms with Crippen LogP contribution >= 0.6 is 0 Å². The van der Waals surface area contributed by atoms with Gasteiger partial charge in [0.25, 0.3) is 0 Å². The second-order valence-corrected chi connectivity index (χ2v) is 4.77. The van der Waals surface area contributed by atoms with Crippen LogP contribution in [0.2, 0.25) is 0 Å². The van der Waals surface area contributed by atoms with Crippen molar-refractivity contribution in [1.82, 2.24) is 4.90 Å². The monoisotopic (exact) mass is 233 g/mol. The lowest BCUT2D eigenvalue weighted by Gasteiger charge is -2.32. The van der Waals surface area contributed by atoms with Crippen LogP contribution in [0.5, 0.6) is 5.75 Å². The highest BCUT2D eigenvalue weighted by atomic mass is 16.5. The highest BCUT2D eigenvalue weighted by Crippen LogP contribution is 2.25. The van der Waals surface area contributed by atoms with Gasteiger partial charge in [0.2, 0.25) is 0 Å². The standard InChI is InChI=1S/C15H23NO/c1-3-17-15-9-7-14(8-10-15)13(2)16-11-5-4-6-12-16/h7-10,13H,3-6,11-12H2,1-2H3. The normalized spacial score (nSPS) is 18.9. The Bertz CT molecular complexity index is 327. The molecule has 2 rings (SSSR count). The summed E-state index contributed by atoms with van der Waals surface area (Å²) in [5.74, 6) is 0.974. The van der Waals surface area contributed by atoms with E-state index in [1.807, 2.05) is 6.92 Å². The minimum Gasteiger partial charge on any atom is -0.494 e. The molecule has 17 heavy (non-hydrogen) atoms. The summed E-state index contributed by atoms with van der Waals surface area (Å²) >= 11 is 0. The molecule has 1 aromatic rings. The van der Waals surface area contributed by atoms with Gasteiger partial charge in [0.1, 0.15) is 5.75 Å². The number of hydrogen-bond donors (Lipinski definition) is 0. The molecule has 1 aliphatic rings. The maximum Gasteiger partial charge on any atom is 0.119 e. The van der Waals surface area contributed by atoms with Crippen molar-refractivity contribution in [2.75, 3.05) is 19.7 Å². The van der Waals surface area contributed by atoms with Crippen molar-refractivity contribution in [3.63, 3.8) is 0 Å². The Morgan fingerprint density at radius 2 is 1.76 bits per heavy atom. The number of likely N-dealkylation sites (tertiary alicyclic amines) is 1. The Kier molecular flexibility index (Phi) is 4.43. The third kappa shape index (κ3) is 3.22. The first-order valence-corrected chi connectivity index (χ1v) is 6.78. The summed E-state index contributed by atoms with van der Waals surface area (Å²) in [5.41, 5.74) is 1.40. The third-order valence-electron chi connectivity index (χ3n) is 3.61. The van der Waals surface area contributed by atoms with E-state index >= 15 is 0 Å². The van der Waals surface area contributed by atoms with E-state index in [0.29, 0.717) is 6.04 Å².